The molecule has 0 saturated carbocycles. The summed E-state index contributed by atoms with van der Waals surface area (Å²) in [5.41, 5.74) is 3.81. The molecule has 7 heteroatoms. The average Bonchev–Trinajstić information content (AvgIpc) is 3.27. The molecule has 0 spiro atoms. The molecule has 29 heavy (non-hydrogen) atoms. The number of likely N-dealkylation sites (N-methyl/N-ethyl adjacent to an activating group) is 1. The number of esters is 1. The van der Waals surface area contributed by atoms with Crippen LogP contribution in [0.25, 0.3) is 0 Å². The minimum Gasteiger partial charge on any atom is -0.452 e. The van der Waals surface area contributed by atoms with E-state index in [0.29, 0.717) is 16.7 Å². The molecule has 2 aromatic rings. The Bertz CT molecular complexity index is 832. The third-order valence-corrected chi connectivity index (χ3v) is 7.77. The van der Waals surface area contributed by atoms with Crippen LogP contribution in [-0.2, 0) is 16.1 Å². The second-order valence-corrected chi connectivity index (χ2v) is 9.81. The van der Waals surface area contributed by atoms with Crippen LogP contribution < -0.4 is 4.90 Å². The predicted molar refractivity (Wildman–Crippen MR) is 122 cm³/mol. The Balaban J connectivity index is 1.48. The molecule has 1 fully saturated rings. The quantitative estimate of drug-likeness (QED) is 0.618. The number of hydrogen-bond acceptors (Lipinski definition) is 6. The second kappa shape index (κ2) is 10.1. The van der Waals surface area contributed by atoms with Crippen LogP contribution >= 0.6 is 23.5 Å². The molecule has 1 aliphatic heterocycles. The Morgan fingerprint density at radius 2 is 1.59 bits per heavy atom. The van der Waals surface area contributed by atoms with Gasteiger partial charge in [-0.15, -0.1) is 23.5 Å². The molecule has 5 nitrogen and oxygen atoms in total. The zero-order valence-electron chi connectivity index (χ0n) is 17.0. The zero-order chi connectivity index (χ0) is 20.8. The number of hydrogen-bond donors (Lipinski definition) is 0. The minimum absolute atomic E-state index is 0.231. The summed E-state index contributed by atoms with van der Waals surface area (Å²) in [6.07, 6.45) is 0. The molecule has 154 valence electrons. The summed E-state index contributed by atoms with van der Waals surface area (Å²) in [4.78, 5) is 28.2. The summed E-state index contributed by atoms with van der Waals surface area (Å²) >= 11 is 3.85. The van der Waals surface area contributed by atoms with Gasteiger partial charge in [-0.1, -0.05) is 24.3 Å². The van der Waals surface area contributed by atoms with E-state index >= 15 is 0 Å². The van der Waals surface area contributed by atoms with Crippen LogP contribution in [0.2, 0.25) is 0 Å². The van der Waals surface area contributed by atoms with Crippen molar-refractivity contribution in [3.63, 3.8) is 0 Å². The van der Waals surface area contributed by atoms with Gasteiger partial charge in [0.25, 0.3) is 5.91 Å². The summed E-state index contributed by atoms with van der Waals surface area (Å²) in [5, 5.41) is 0. The van der Waals surface area contributed by atoms with Crippen molar-refractivity contribution in [1.29, 1.82) is 0 Å². The Kier molecular flexibility index (Phi) is 7.50. The van der Waals surface area contributed by atoms with Crippen molar-refractivity contribution < 1.29 is 14.3 Å². The molecule has 0 atom stereocenters. The van der Waals surface area contributed by atoms with Crippen molar-refractivity contribution in [1.82, 2.24) is 4.90 Å². The molecule has 3 rings (SSSR count). The standard InChI is InChI=1S/C22H26N2O3S2/c1-23(2)19-10-4-16(5-11-19)14-24(3)20(25)15-27-21(26)17-6-8-18(9-7-17)22-28-12-13-29-22/h4-11,22H,12-15H2,1-3H3. The minimum atomic E-state index is -0.472. The van der Waals surface area contributed by atoms with Crippen LogP contribution in [0.1, 0.15) is 26.1 Å². The number of anilines is 1. The third kappa shape index (κ3) is 5.93. The molecule has 0 bridgehead atoms. The van der Waals surface area contributed by atoms with Crippen molar-refractivity contribution >= 4 is 41.1 Å². The lowest BCUT2D eigenvalue weighted by Gasteiger charge is -2.18. The van der Waals surface area contributed by atoms with Gasteiger partial charge in [0, 0.05) is 44.9 Å². The fourth-order valence-electron chi connectivity index (χ4n) is 2.91. The summed E-state index contributed by atoms with van der Waals surface area (Å²) in [6.45, 7) is 0.205. The number of amides is 1. The van der Waals surface area contributed by atoms with Gasteiger partial charge >= 0.3 is 5.97 Å². The maximum atomic E-state index is 12.3. The van der Waals surface area contributed by atoms with Crippen molar-refractivity contribution in [3.8, 4) is 0 Å². The van der Waals surface area contributed by atoms with Gasteiger partial charge in [0.05, 0.1) is 10.1 Å². The highest BCUT2D eigenvalue weighted by atomic mass is 32.2. The zero-order valence-corrected chi connectivity index (χ0v) is 18.6. The van der Waals surface area contributed by atoms with Gasteiger partial charge in [-0.2, -0.15) is 0 Å². The largest absolute Gasteiger partial charge is 0.452 e. The van der Waals surface area contributed by atoms with E-state index in [4.69, 9.17) is 4.74 Å². The first-order valence-corrected chi connectivity index (χ1v) is 11.5. The van der Waals surface area contributed by atoms with E-state index in [0.717, 1.165) is 22.8 Å². The maximum Gasteiger partial charge on any atom is 0.338 e. The Morgan fingerprint density at radius 1 is 0.966 bits per heavy atom. The van der Waals surface area contributed by atoms with Crippen molar-refractivity contribution in [3.05, 3.63) is 65.2 Å². The van der Waals surface area contributed by atoms with Crippen molar-refractivity contribution in [2.75, 3.05) is 44.2 Å². The molecule has 1 amide bonds. The lowest BCUT2D eigenvalue weighted by Crippen LogP contribution is -2.30. The number of nitrogens with zero attached hydrogens (tertiary/aromatic N) is 2. The molecule has 0 N–H and O–H groups in total. The molecule has 1 saturated heterocycles. The summed E-state index contributed by atoms with van der Waals surface area (Å²) in [7, 11) is 5.68. The highest BCUT2D eigenvalue weighted by Crippen LogP contribution is 2.45. The predicted octanol–water partition coefficient (Wildman–Crippen LogP) is 4.05. The molecule has 0 unspecified atom stereocenters. The van der Waals surface area contributed by atoms with Gasteiger partial charge in [-0.25, -0.2) is 4.79 Å². The van der Waals surface area contributed by atoms with E-state index in [1.165, 1.54) is 5.56 Å². The average molecular weight is 431 g/mol. The lowest BCUT2D eigenvalue weighted by atomic mass is 10.1. The number of benzene rings is 2. The van der Waals surface area contributed by atoms with E-state index in [1.54, 1.807) is 24.1 Å². The van der Waals surface area contributed by atoms with Gasteiger partial charge in [0.15, 0.2) is 6.61 Å². The van der Waals surface area contributed by atoms with Crippen LogP contribution in [-0.4, -0.2) is 56.0 Å². The second-order valence-electron chi connectivity index (χ2n) is 7.08. The molecule has 0 radical (unpaired) electrons. The normalized spacial score (nSPS) is 13.9. The molecule has 1 heterocycles. The molecule has 0 aliphatic carbocycles. The smallest absolute Gasteiger partial charge is 0.338 e. The number of rotatable bonds is 7. The highest BCUT2D eigenvalue weighted by molar-refractivity contribution is 8.19. The van der Waals surface area contributed by atoms with E-state index < -0.39 is 5.97 Å². The number of thioether (sulfide) groups is 2. The fourth-order valence-corrected chi connectivity index (χ4v) is 5.77. The molecular weight excluding hydrogens is 404 g/mol. The van der Waals surface area contributed by atoms with E-state index in [2.05, 4.69) is 0 Å². The van der Waals surface area contributed by atoms with E-state index in [9.17, 15) is 9.59 Å². The van der Waals surface area contributed by atoms with Crippen molar-refractivity contribution in [2.45, 2.75) is 11.1 Å². The number of ether oxygens (including phenoxy) is 1. The van der Waals surface area contributed by atoms with Crippen LogP contribution in [0.5, 0.6) is 0 Å². The van der Waals surface area contributed by atoms with Crippen molar-refractivity contribution in [2.24, 2.45) is 0 Å². The molecule has 2 aromatic carbocycles. The number of carbonyl (C=O) groups excluding carboxylic acids is 2. The SMILES string of the molecule is CN(Cc1ccc(N(C)C)cc1)C(=O)COC(=O)c1ccc(C2SCCS2)cc1. The molecule has 0 aromatic heterocycles. The van der Waals surface area contributed by atoms with Gasteiger partial charge in [0.1, 0.15) is 0 Å². The maximum absolute atomic E-state index is 12.3. The Labute approximate surface area is 180 Å². The van der Waals surface area contributed by atoms with Crippen LogP contribution in [0, 0.1) is 0 Å². The topological polar surface area (TPSA) is 49.9 Å². The van der Waals surface area contributed by atoms with Gasteiger partial charge < -0.3 is 14.5 Å². The Hall–Kier alpha value is -2.12. The highest BCUT2D eigenvalue weighted by Gasteiger charge is 2.19. The number of carbonyl (C=O) groups is 2. The van der Waals surface area contributed by atoms with Crippen LogP contribution in [0.4, 0.5) is 5.69 Å². The van der Waals surface area contributed by atoms with Gasteiger partial charge in [-0.05, 0) is 35.4 Å². The molecule has 1 aliphatic rings. The first kappa shape index (κ1) is 21.6. The Morgan fingerprint density at radius 3 is 2.17 bits per heavy atom. The lowest BCUT2D eigenvalue weighted by molar-refractivity contribution is -0.133. The first-order chi connectivity index (χ1) is 13.9. The fraction of sp³-hybridized carbons (Fsp3) is 0.364. The van der Waals surface area contributed by atoms with Crippen LogP contribution in [0.3, 0.4) is 0 Å². The van der Waals surface area contributed by atoms with Gasteiger partial charge in [-0.3, -0.25) is 4.79 Å². The summed E-state index contributed by atoms with van der Waals surface area (Å²) in [6, 6.07) is 15.5. The third-order valence-electron chi connectivity index (χ3n) is 4.67. The monoisotopic (exact) mass is 430 g/mol. The first-order valence-electron chi connectivity index (χ1n) is 9.44. The van der Waals surface area contributed by atoms with E-state index in [-0.39, 0.29) is 12.5 Å². The van der Waals surface area contributed by atoms with Crippen LogP contribution in [0.15, 0.2) is 48.5 Å². The van der Waals surface area contributed by atoms with E-state index in [1.807, 2.05) is 78.9 Å². The van der Waals surface area contributed by atoms with Gasteiger partial charge in [0.2, 0.25) is 0 Å². The summed E-state index contributed by atoms with van der Waals surface area (Å²) < 4.78 is 5.66. The summed E-state index contributed by atoms with van der Waals surface area (Å²) in [5.74, 6) is 1.62. The molecular formula is C22H26N2O3S2.